The Morgan fingerprint density at radius 3 is 2.81 bits per heavy atom. The smallest absolute Gasteiger partial charge is 0.225 e. The Labute approximate surface area is 159 Å². The number of aromatic amines is 1. The Morgan fingerprint density at radius 2 is 2.11 bits per heavy atom. The number of imidazole rings is 1. The average Bonchev–Trinajstić information content (AvgIpc) is 3.19. The molecule has 2 saturated heterocycles. The number of nitrogens with zero attached hydrogens (tertiary/aromatic N) is 3. The molecule has 2 amide bonds. The van der Waals surface area contributed by atoms with E-state index in [4.69, 9.17) is 4.74 Å². The van der Waals surface area contributed by atoms with Gasteiger partial charge < -0.3 is 24.8 Å². The van der Waals surface area contributed by atoms with Gasteiger partial charge in [-0.2, -0.15) is 0 Å². The average molecular weight is 375 g/mol. The first-order valence-electron chi connectivity index (χ1n) is 10.1. The number of carbonyl (C=O) groups is 2. The van der Waals surface area contributed by atoms with E-state index in [2.05, 4.69) is 15.3 Å². The molecule has 1 spiro atoms. The summed E-state index contributed by atoms with van der Waals surface area (Å²) in [6.45, 7) is 6.18. The Kier molecular flexibility index (Phi) is 5.19. The third-order valence-electron chi connectivity index (χ3n) is 6.21. The van der Waals surface area contributed by atoms with Crippen LogP contribution in [0.4, 0.5) is 0 Å². The third-order valence-corrected chi connectivity index (χ3v) is 6.21. The number of rotatable bonds is 3. The number of morpholine rings is 1. The third kappa shape index (κ3) is 3.36. The van der Waals surface area contributed by atoms with Crippen molar-refractivity contribution in [3.05, 3.63) is 17.7 Å². The fourth-order valence-corrected chi connectivity index (χ4v) is 4.74. The zero-order chi connectivity index (χ0) is 18.9. The summed E-state index contributed by atoms with van der Waals surface area (Å²) in [4.78, 5) is 37.1. The molecule has 4 rings (SSSR count). The monoisotopic (exact) mass is 375 g/mol. The molecule has 0 aliphatic carbocycles. The van der Waals surface area contributed by atoms with Crippen LogP contribution in [0.25, 0.3) is 0 Å². The predicted octanol–water partition coefficient (Wildman–Crippen LogP) is 0.401. The molecule has 0 bridgehead atoms. The molecule has 0 unspecified atom stereocenters. The SMILES string of the molecule is CCC(=O)N1CCc2[nH]cnc2C12CCN(C(=O)C[C@@H]1CNCCO1)CC2. The first-order chi connectivity index (χ1) is 13.1. The van der Waals surface area contributed by atoms with Crippen LogP contribution in [0.5, 0.6) is 0 Å². The molecule has 3 aliphatic rings. The van der Waals surface area contributed by atoms with Gasteiger partial charge in [0.25, 0.3) is 0 Å². The summed E-state index contributed by atoms with van der Waals surface area (Å²) in [6, 6.07) is 0. The van der Waals surface area contributed by atoms with Crippen LogP contribution in [0.15, 0.2) is 6.33 Å². The number of carbonyl (C=O) groups excluding carboxylic acids is 2. The Bertz CT molecular complexity index is 689. The Balaban J connectivity index is 1.47. The molecule has 1 aromatic rings. The molecule has 148 valence electrons. The number of amides is 2. The standard InChI is InChI=1S/C19H29N5O3/c1-2-16(25)24-7-3-15-18(22-13-21-15)19(24)4-8-23(9-5-19)17(26)11-14-12-20-6-10-27-14/h13-14,20H,2-12H2,1H3,(H,21,22)/t14-/m1/s1. The largest absolute Gasteiger partial charge is 0.375 e. The zero-order valence-electron chi connectivity index (χ0n) is 16.0. The van der Waals surface area contributed by atoms with E-state index >= 15 is 0 Å². The highest BCUT2D eigenvalue weighted by Gasteiger charge is 2.48. The lowest BCUT2D eigenvalue weighted by Gasteiger charge is -2.50. The van der Waals surface area contributed by atoms with Crippen LogP contribution in [-0.4, -0.2) is 77.0 Å². The van der Waals surface area contributed by atoms with Gasteiger partial charge in [-0.25, -0.2) is 4.98 Å². The molecule has 1 aromatic heterocycles. The highest BCUT2D eigenvalue weighted by Crippen LogP contribution is 2.42. The second kappa shape index (κ2) is 7.59. The van der Waals surface area contributed by atoms with Crippen LogP contribution in [0.1, 0.15) is 44.0 Å². The van der Waals surface area contributed by atoms with Crippen molar-refractivity contribution >= 4 is 11.8 Å². The van der Waals surface area contributed by atoms with Gasteiger partial charge in [0.2, 0.25) is 11.8 Å². The van der Waals surface area contributed by atoms with Crippen LogP contribution in [0, 0.1) is 0 Å². The Morgan fingerprint density at radius 1 is 1.30 bits per heavy atom. The number of nitrogens with one attached hydrogen (secondary N) is 2. The van der Waals surface area contributed by atoms with Crippen LogP contribution >= 0.6 is 0 Å². The lowest BCUT2D eigenvalue weighted by molar-refractivity contribution is -0.145. The van der Waals surface area contributed by atoms with E-state index in [0.717, 1.165) is 50.3 Å². The Hall–Kier alpha value is -1.93. The minimum absolute atomic E-state index is 0.0343. The van der Waals surface area contributed by atoms with Crippen LogP contribution < -0.4 is 5.32 Å². The quantitative estimate of drug-likeness (QED) is 0.798. The number of fused-ring (bicyclic) bond motifs is 2. The number of hydrogen-bond acceptors (Lipinski definition) is 5. The van der Waals surface area contributed by atoms with Crippen LogP contribution in [0.3, 0.4) is 0 Å². The highest BCUT2D eigenvalue weighted by molar-refractivity contribution is 5.78. The number of ether oxygens (including phenoxy) is 1. The molecule has 2 fully saturated rings. The lowest BCUT2D eigenvalue weighted by atomic mass is 9.78. The fourth-order valence-electron chi connectivity index (χ4n) is 4.74. The molecular formula is C19H29N5O3. The second-order valence-corrected chi connectivity index (χ2v) is 7.69. The maximum absolute atomic E-state index is 12.7. The van der Waals surface area contributed by atoms with Gasteiger partial charge in [-0.15, -0.1) is 0 Å². The maximum Gasteiger partial charge on any atom is 0.225 e. The fraction of sp³-hybridized carbons (Fsp3) is 0.737. The van der Waals surface area contributed by atoms with E-state index in [1.165, 1.54) is 0 Å². The zero-order valence-corrected chi connectivity index (χ0v) is 16.0. The van der Waals surface area contributed by atoms with Gasteiger partial charge in [-0.1, -0.05) is 6.92 Å². The van der Waals surface area contributed by atoms with E-state index in [-0.39, 0.29) is 23.5 Å². The van der Waals surface area contributed by atoms with Crippen molar-refractivity contribution in [3.8, 4) is 0 Å². The molecule has 0 radical (unpaired) electrons. The van der Waals surface area contributed by atoms with Gasteiger partial charge in [-0.05, 0) is 12.8 Å². The normalized spacial score (nSPS) is 24.7. The van der Waals surface area contributed by atoms with Gasteiger partial charge in [0, 0.05) is 51.3 Å². The summed E-state index contributed by atoms with van der Waals surface area (Å²) < 4.78 is 5.67. The van der Waals surface area contributed by atoms with Crippen molar-refractivity contribution in [1.82, 2.24) is 25.1 Å². The molecule has 4 heterocycles. The highest BCUT2D eigenvalue weighted by atomic mass is 16.5. The summed E-state index contributed by atoms with van der Waals surface area (Å²) in [6.07, 6.45) is 4.92. The molecular weight excluding hydrogens is 346 g/mol. The minimum Gasteiger partial charge on any atom is -0.375 e. The molecule has 0 saturated carbocycles. The molecule has 2 N–H and O–H groups in total. The second-order valence-electron chi connectivity index (χ2n) is 7.69. The first kappa shape index (κ1) is 18.4. The summed E-state index contributed by atoms with van der Waals surface area (Å²) in [5.74, 6) is 0.315. The van der Waals surface area contributed by atoms with E-state index in [1.54, 1.807) is 6.33 Å². The van der Waals surface area contributed by atoms with Crippen LogP contribution in [0.2, 0.25) is 0 Å². The van der Waals surface area contributed by atoms with Crippen molar-refractivity contribution in [3.63, 3.8) is 0 Å². The predicted molar refractivity (Wildman–Crippen MR) is 99.0 cm³/mol. The molecule has 27 heavy (non-hydrogen) atoms. The van der Waals surface area contributed by atoms with Crippen molar-refractivity contribution in [2.45, 2.75) is 50.7 Å². The number of piperidine rings is 1. The van der Waals surface area contributed by atoms with Gasteiger partial charge in [0.1, 0.15) is 0 Å². The van der Waals surface area contributed by atoms with Crippen molar-refractivity contribution in [2.75, 3.05) is 39.3 Å². The van der Waals surface area contributed by atoms with Crippen molar-refractivity contribution in [2.24, 2.45) is 0 Å². The first-order valence-corrected chi connectivity index (χ1v) is 10.1. The van der Waals surface area contributed by atoms with Gasteiger partial charge in [0.05, 0.1) is 36.7 Å². The minimum atomic E-state index is -0.375. The summed E-state index contributed by atoms with van der Waals surface area (Å²) >= 11 is 0. The molecule has 3 aliphatic heterocycles. The van der Waals surface area contributed by atoms with Gasteiger partial charge in [0.15, 0.2) is 0 Å². The van der Waals surface area contributed by atoms with E-state index in [0.29, 0.717) is 32.5 Å². The summed E-state index contributed by atoms with van der Waals surface area (Å²) in [5.41, 5.74) is 1.76. The number of aromatic nitrogens is 2. The van der Waals surface area contributed by atoms with Gasteiger partial charge in [-0.3, -0.25) is 9.59 Å². The summed E-state index contributed by atoms with van der Waals surface area (Å²) in [5, 5.41) is 3.27. The number of H-pyrrole nitrogens is 1. The lowest BCUT2D eigenvalue weighted by Crippen LogP contribution is -2.59. The number of hydrogen-bond donors (Lipinski definition) is 2. The van der Waals surface area contributed by atoms with Crippen LogP contribution in [-0.2, 0) is 26.3 Å². The van der Waals surface area contributed by atoms with E-state index in [1.807, 2.05) is 16.7 Å². The molecule has 8 heteroatoms. The summed E-state index contributed by atoms with van der Waals surface area (Å²) in [7, 11) is 0. The molecule has 8 nitrogen and oxygen atoms in total. The van der Waals surface area contributed by atoms with Crippen molar-refractivity contribution < 1.29 is 14.3 Å². The molecule has 0 aromatic carbocycles. The van der Waals surface area contributed by atoms with Gasteiger partial charge >= 0.3 is 0 Å². The van der Waals surface area contributed by atoms with E-state index < -0.39 is 0 Å². The van der Waals surface area contributed by atoms with E-state index in [9.17, 15) is 9.59 Å². The number of likely N-dealkylation sites (tertiary alicyclic amines) is 1. The topological polar surface area (TPSA) is 90.6 Å². The maximum atomic E-state index is 12.7. The molecule has 1 atom stereocenters. The van der Waals surface area contributed by atoms with Crippen molar-refractivity contribution in [1.29, 1.82) is 0 Å².